The topological polar surface area (TPSA) is 4.93 Å². The fourth-order valence-corrected chi connectivity index (χ4v) is 9.69. The third kappa shape index (κ3) is 4.63. The molecule has 9 aromatic carbocycles. The first-order valence-electron chi connectivity index (χ1n) is 19.1. The lowest BCUT2D eigenvalue weighted by atomic mass is 9.73. The highest BCUT2D eigenvalue weighted by molar-refractivity contribution is 6.24. The van der Waals surface area contributed by atoms with Crippen LogP contribution < -0.4 is 0 Å². The minimum atomic E-state index is -0.0148. The first-order chi connectivity index (χ1) is 25.4. The van der Waals surface area contributed by atoms with Crippen LogP contribution in [0.2, 0.25) is 0 Å². The molecular weight excluding hydrogens is 639 g/mol. The van der Waals surface area contributed by atoms with Gasteiger partial charge in [-0.05, 0) is 142 Å². The van der Waals surface area contributed by atoms with Crippen LogP contribution in [-0.4, -0.2) is 4.57 Å². The van der Waals surface area contributed by atoms with E-state index in [4.69, 9.17) is 0 Å². The standard InChI is InChI=1S/C52H45N/c1-30-31(2)53(45-25-22-34-17-16-32-12-11-13-33-20-24-42(45)48(34)47(32)33)46-29-37-19-18-35(26-38(37)28-43(30)46)36-21-23-41-44(27-36)50(52(6,7)8)40-15-10-9-14-39(40)49(41)51(3,4)5/h9-29H,1-8H3. The summed E-state index contributed by atoms with van der Waals surface area (Å²) < 4.78 is 2.50. The van der Waals surface area contributed by atoms with Crippen LogP contribution in [0.3, 0.4) is 0 Å². The SMILES string of the molecule is Cc1c(C)n(-c2ccc3ccc4cccc5ccc2c3c45)c2cc3ccc(-c4ccc5c(C(C)(C)C)c6ccccc6c(C(C)(C)C)c5c4)cc3cc12. The van der Waals surface area contributed by atoms with Gasteiger partial charge in [-0.15, -0.1) is 0 Å². The minimum absolute atomic E-state index is 0.00804. The van der Waals surface area contributed by atoms with Gasteiger partial charge < -0.3 is 4.57 Å². The number of benzene rings is 9. The summed E-state index contributed by atoms with van der Waals surface area (Å²) in [5, 5.41) is 17.2. The van der Waals surface area contributed by atoms with E-state index in [-0.39, 0.29) is 10.8 Å². The zero-order valence-electron chi connectivity index (χ0n) is 32.1. The van der Waals surface area contributed by atoms with Crippen molar-refractivity contribution in [3.8, 4) is 16.8 Å². The molecule has 0 fully saturated rings. The predicted octanol–water partition coefficient (Wildman–Crippen LogP) is 14.9. The van der Waals surface area contributed by atoms with Gasteiger partial charge in [0.25, 0.3) is 0 Å². The molecule has 0 unspecified atom stereocenters. The third-order valence-electron chi connectivity index (χ3n) is 12.1. The summed E-state index contributed by atoms with van der Waals surface area (Å²) in [6.45, 7) is 18.7. The maximum Gasteiger partial charge on any atom is 0.0540 e. The maximum absolute atomic E-state index is 2.50. The van der Waals surface area contributed by atoms with Crippen molar-refractivity contribution in [1.29, 1.82) is 0 Å². The number of aryl methyl sites for hydroxylation is 1. The fourth-order valence-electron chi connectivity index (χ4n) is 9.69. The van der Waals surface area contributed by atoms with Gasteiger partial charge in [-0.2, -0.15) is 0 Å². The molecule has 0 bridgehead atoms. The van der Waals surface area contributed by atoms with Gasteiger partial charge in [0, 0.05) is 16.5 Å². The quantitative estimate of drug-likeness (QED) is 0.126. The lowest BCUT2D eigenvalue weighted by molar-refractivity contribution is 0.593. The van der Waals surface area contributed by atoms with Crippen LogP contribution in [0.5, 0.6) is 0 Å². The van der Waals surface area contributed by atoms with Gasteiger partial charge in [0.05, 0.1) is 11.2 Å². The van der Waals surface area contributed by atoms with Gasteiger partial charge in [-0.3, -0.25) is 0 Å². The Morgan fingerprint density at radius 1 is 0.396 bits per heavy atom. The molecule has 1 aromatic heterocycles. The van der Waals surface area contributed by atoms with Crippen LogP contribution in [-0.2, 0) is 10.8 Å². The van der Waals surface area contributed by atoms with Crippen molar-refractivity contribution in [1.82, 2.24) is 4.57 Å². The van der Waals surface area contributed by atoms with Gasteiger partial charge in [0.1, 0.15) is 0 Å². The van der Waals surface area contributed by atoms with Crippen LogP contribution >= 0.6 is 0 Å². The predicted molar refractivity (Wildman–Crippen MR) is 232 cm³/mol. The van der Waals surface area contributed by atoms with Gasteiger partial charge in [-0.25, -0.2) is 0 Å². The molecule has 0 aliphatic heterocycles. The lowest BCUT2D eigenvalue weighted by Gasteiger charge is -2.30. The second kappa shape index (κ2) is 10.9. The Bertz CT molecular complexity index is 3120. The highest BCUT2D eigenvalue weighted by Gasteiger charge is 2.27. The van der Waals surface area contributed by atoms with E-state index in [0.717, 1.165) is 0 Å². The van der Waals surface area contributed by atoms with E-state index < -0.39 is 0 Å². The Balaban J connectivity index is 1.17. The number of hydrogen-bond donors (Lipinski definition) is 0. The molecule has 10 rings (SSSR count). The van der Waals surface area contributed by atoms with E-state index in [9.17, 15) is 0 Å². The molecule has 1 nitrogen and oxygen atoms in total. The van der Waals surface area contributed by atoms with Crippen LogP contribution in [0.25, 0.3) is 92.4 Å². The molecule has 258 valence electrons. The molecule has 0 amide bonds. The third-order valence-corrected chi connectivity index (χ3v) is 12.1. The summed E-state index contributed by atoms with van der Waals surface area (Å²) in [5.74, 6) is 0. The molecule has 0 atom stereocenters. The zero-order chi connectivity index (χ0) is 36.6. The minimum Gasteiger partial charge on any atom is -0.313 e. The maximum atomic E-state index is 2.50. The average molecular weight is 684 g/mol. The normalized spacial score (nSPS) is 12.9. The Morgan fingerprint density at radius 3 is 1.64 bits per heavy atom. The lowest BCUT2D eigenvalue weighted by Crippen LogP contribution is -2.17. The molecule has 53 heavy (non-hydrogen) atoms. The van der Waals surface area contributed by atoms with Crippen LogP contribution in [0, 0.1) is 13.8 Å². The molecule has 1 heteroatoms. The van der Waals surface area contributed by atoms with Gasteiger partial charge in [0.15, 0.2) is 0 Å². The monoisotopic (exact) mass is 683 g/mol. The second-order valence-corrected chi connectivity index (χ2v) is 17.5. The van der Waals surface area contributed by atoms with Gasteiger partial charge in [0.2, 0.25) is 0 Å². The molecule has 0 radical (unpaired) electrons. The van der Waals surface area contributed by atoms with Crippen LogP contribution in [0.4, 0.5) is 0 Å². The Morgan fingerprint density at radius 2 is 0.943 bits per heavy atom. The van der Waals surface area contributed by atoms with Crippen molar-refractivity contribution >= 4 is 75.5 Å². The first-order valence-corrected chi connectivity index (χ1v) is 19.1. The van der Waals surface area contributed by atoms with Crippen molar-refractivity contribution in [3.05, 3.63) is 150 Å². The van der Waals surface area contributed by atoms with E-state index in [1.807, 2.05) is 0 Å². The van der Waals surface area contributed by atoms with E-state index in [1.165, 1.54) is 115 Å². The number of fused-ring (bicyclic) bond motifs is 4. The van der Waals surface area contributed by atoms with Crippen molar-refractivity contribution in [2.45, 2.75) is 66.2 Å². The van der Waals surface area contributed by atoms with E-state index in [1.54, 1.807) is 0 Å². The van der Waals surface area contributed by atoms with Crippen LogP contribution in [0.15, 0.2) is 127 Å². The van der Waals surface area contributed by atoms with E-state index >= 15 is 0 Å². The van der Waals surface area contributed by atoms with Crippen molar-refractivity contribution < 1.29 is 0 Å². The smallest absolute Gasteiger partial charge is 0.0540 e. The van der Waals surface area contributed by atoms with Gasteiger partial charge >= 0.3 is 0 Å². The highest BCUT2D eigenvalue weighted by Crippen LogP contribution is 2.45. The average Bonchev–Trinajstić information content (AvgIpc) is 3.37. The van der Waals surface area contributed by atoms with Crippen LogP contribution in [0.1, 0.15) is 63.9 Å². The summed E-state index contributed by atoms with van der Waals surface area (Å²) in [6, 6.07) is 48.6. The summed E-state index contributed by atoms with van der Waals surface area (Å²) in [4.78, 5) is 0. The number of rotatable bonds is 2. The fraction of sp³-hybridized carbons (Fsp3) is 0.192. The Labute approximate surface area is 311 Å². The molecule has 0 saturated heterocycles. The first kappa shape index (κ1) is 32.0. The largest absolute Gasteiger partial charge is 0.313 e. The molecule has 0 N–H and O–H groups in total. The van der Waals surface area contributed by atoms with Crippen molar-refractivity contribution in [2.24, 2.45) is 0 Å². The summed E-state index contributed by atoms with van der Waals surface area (Å²) >= 11 is 0. The zero-order valence-corrected chi connectivity index (χ0v) is 32.1. The Kier molecular flexibility index (Phi) is 6.61. The molecule has 0 spiro atoms. The summed E-state index contributed by atoms with van der Waals surface area (Å²) in [6.07, 6.45) is 0. The Hall–Kier alpha value is -5.66. The summed E-state index contributed by atoms with van der Waals surface area (Å²) in [5.41, 5.74) is 10.5. The molecule has 0 aliphatic rings. The van der Waals surface area contributed by atoms with Crippen molar-refractivity contribution in [3.63, 3.8) is 0 Å². The van der Waals surface area contributed by atoms with E-state index in [2.05, 4.69) is 187 Å². The number of aromatic nitrogens is 1. The molecule has 1 heterocycles. The molecule has 0 saturated carbocycles. The molecular formula is C52H45N. The second-order valence-electron chi connectivity index (χ2n) is 17.5. The number of nitrogens with zero attached hydrogens (tertiary/aromatic N) is 1. The number of hydrogen-bond acceptors (Lipinski definition) is 0. The van der Waals surface area contributed by atoms with Crippen molar-refractivity contribution in [2.75, 3.05) is 0 Å². The molecule has 10 aromatic rings. The summed E-state index contributed by atoms with van der Waals surface area (Å²) in [7, 11) is 0. The van der Waals surface area contributed by atoms with Gasteiger partial charge in [-0.1, -0.05) is 139 Å². The van der Waals surface area contributed by atoms with E-state index in [0.29, 0.717) is 0 Å². The molecule has 0 aliphatic carbocycles. The highest BCUT2D eigenvalue weighted by atomic mass is 15.0.